The maximum Gasteiger partial charge on any atom is 0.242 e. The van der Waals surface area contributed by atoms with Gasteiger partial charge in [-0.25, -0.2) is 18.8 Å². The minimum atomic E-state index is -0.758. The van der Waals surface area contributed by atoms with Crippen LogP contribution in [0.5, 0.6) is 0 Å². The Bertz CT molecular complexity index is 1860. The standard InChI is InChI=1S/C38H34F2N6O4S2/c39-27-17-7-9-19-29(27)43-33(47)23-31-35(49)45(37(51-31)41-25-13-3-1-4-14-25)21-11-12-22-46-36(50)32(52-38(46)42-26-15-5-2-6-16-26)24-34(48)44-30-20-10-8-18-28(30)40/h1-10,13-20,31-32H,11-12,21-24H2,(H,43,47)(H,44,48). The van der Waals surface area contributed by atoms with Crippen molar-refractivity contribution in [2.24, 2.45) is 9.98 Å². The second-order valence-corrected chi connectivity index (χ2v) is 14.2. The normalized spacial score (nSPS) is 18.7. The highest BCUT2D eigenvalue weighted by Gasteiger charge is 2.41. The van der Waals surface area contributed by atoms with Crippen LogP contribution in [0.1, 0.15) is 25.7 Å². The summed E-state index contributed by atoms with van der Waals surface area (Å²) in [4.78, 5) is 65.4. The third-order valence-electron chi connectivity index (χ3n) is 8.05. The van der Waals surface area contributed by atoms with E-state index < -0.39 is 33.9 Å². The number of nitrogens with one attached hydrogen (secondary N) is 2. The topological polar surface area (TPSA) is 124 Å². The van der Waals surface area contributed by atoms with E-state index in [9.17, 15) is 28.0 Å². The minimum Gasteiger partial charge on any atom is -0.324 e. The van der Waals surface area contributed by atoms with Gasteiger partial charge in [0.1, 0.15) is 22.1 Å². The number of halogens is 2. The summed E-state index contributed by atoms with van der Waals surface area (Å²) in [7, 11) is 0. The van der Waals surface area contributed by atoms with Crippen molar-refractivity contribution in [1.82, 2.24) is 9.80 Å². The lowest BCUT2D eigenvalue weighted by Gasteiger charge is -2.19. The van der Waals surface area contributed by atoms with Gasteiger partial charge in [-0.1, -0.05) is 84.2 Å². The fraction of sp³-hybridized carbons (Fsp3) is 0.211. The second-order valence-electron chi connectivity index (χ2n) is 11.8. The number of amidine groups is 2. The van der Waals surface area contributed by atoms with Gasteiger partial charge in [0.15, 0.2) is 10.3 Å². The Kier molecular flexibility index (Phi) is 12.1. The molecule has 2 aliphatic rings. The molecule has 14 heteroatoms. The second kappa shape index (κ2) is 17.2. The zero-order valence-electron chi connectivity index (χ0n) is 27.8. The number of carbonyl (C=O) groups excluding carboxylic acids is 4. The number of benzene rings is 4. The molecule has 4 aromatic carbocycles. The summed E-state index contributed by atoms with van der Waals surface area (Å²) in [6.07, 6.45) is 0.624. The van der Waals surface area contributed by atoms with Gasteiger partial charge in [-0.15, -0.1) is 0 Å². The Morgan fingerprint density at radius 2 is 0.942 bits per heavy atom. The van der Waals surface area contributed by atoms with Crippen LogP contribution in [0.25, 0.3) is 0 Å². The number of unbranched alkanes of at least 4 members (excludes halogenated alkanes) is 1. The Morgan fingerprint density at radius 3 is 1.33 bits per heavy atom. The van der Waals surface area contributed by atoms with Crippen LogP contribution in [0.2, 0.25) is 0 Å². The molecule has 10 nitrogen and oxygen atoms in total. The summed E-state index contributed by atoms with van der Waals surface area (Å²) in [5.74, 6) is -2.71. The molecule has 0 radical (unpaired) electrons. The van der Waals surface area contributed by atoms with E-state index in [1.165, 1.54) is 59.9 Å². The predicted octanol–water partition coefficient (Wildman–Crippen LogP) is 7.37. The van der Waals surface area contributed by atoms with Gasteiger partial charge in [-0.2, -0.15) is 0 Å². The van der Waals surface area contributed by atoms with Crippen molar-refractivity contribution >= 4 is 80.2 Å². The van der Waals surface area contributed by atoms with Gasteiger partial charge < -0.3 is 10.6 Å². The first-order valence-electron chi connectivity index (χ1n) is 16.6. The SMILES string of the molecule is O=C(CC1SC(=Nc2ccccc2)N(CCCCN2C(=O)C(CC(=O)Nc3ccccc3F)SC2=Nc2ccccc2)C1=O)Nc1ccccc1F. The predicted molar refractivity (Wildman–Crippen MR) is 202 cm³/mol. The summed E-state index contributed by atoms with van der Waals surface area (Å²) in [5, 5.41) is 4.46. The van der Waals surface area contributed by atoms with Gasteiger partial charge in [0.25, 0.3) is 0 Å². The number of thioether (sulfide) groups is 2. The molecule has 0 aromatic heterocycles. The molecule has 266 valence electrons. The van der Waals surface area contributed by atoms with E-state index in [0.717, 1.165) is 0 Å². The van der Waals surface area contributed by atoms with Crippen molar-refractivity contribution in [3.63, 3.8) is 0 Å². The average molecular weight is 741 g/mol. The minimum absolute atomic E-state index is 0.0377. The van der Waals surface area contributed by atoms with E-state index in [0.29, 0.717) is 34.6 Å². The van der Waals surface area contributed by atoms with Gasteiger partial charge in [-0.05, 0) is 61.4 Å². The van der Waals surface area contributed by atoms with Crippen LogP contribution in [0, 0.1) is 11.6 Å². The van der Waals surface area contributed by atoms with Gasteiger partial charge in [0.2, 0.25) is 23.6 Å². The number of rotatable bonds is 13. The lowest BCUT2D eigenvalue weighted by molar-refractivity contribution is -0.128. The zero-order valence-corrected chi connectivity index (χ0v) is 29.4. The molecule has 6 rings (SSSR count). The Balaban J connectivity index is 1.11. The third-order valence-corrected chi connectivity index (χ3v) is 10.4. The molecular weight excluding hydrogens is 707 g/mol. The number of hydrogen-bond donors (Lipinski definition) is 2. The van der Waals surface area contributed by atoms with Gasteiger partial charge >= 0.3 is 0 Å². The van der Waals surface area contributed by atoms with Crippen molar-refractivity contribution < 1.29 is 28.0 Å². The molecule has 2 unspecified atom stereocenters. The zero-order chi connectivity index (χ0) is 36.5. The first kappa shape index (κ1) is 36.5. The Morgan fingerprint density at radius 1 is 0.577 bits per heavy atom. The fourth-order valence-corrected chi connectivity index (χ4v) is 7.86. The number of aliphatic imine (C=N–C) groups is 2. The van der Waals surface area contributed by atoms with Crippen molar-refractivity contribution in [2.75, 3.05) is 23.7 Å². The van der Waals surface area contributed by atoms with E-state index in [2.05, 4.69) is 10.6 Å². The number of carbonyl (C=O) groups is 4. The molecule has 0 bridgehead atoms. The van der Waals surface area contributed by atoms with Crippen LogP contribution in [-0.2, 0) is 19.2 Å². The van der Waals surface area contributed by atoms with Crippen LogP contribution in [-0.4, -0.2) is 67.4 Å². The lowest BCUT2D eigenvalue weighted by atomic mass is 10.2. The largest absolute Gasteiger partial charge is 0.324 e. The van der Waals surface area contributed by atoms with Crippen LogP contribution < -0.4 is 10.6 Å². The van der Waals surface area contributed by atoms with Crippen molar-refractivity contribution in [1.29, 1.82) is 0 Å². The van der Waals surface area contributed by atoms with E-state index in [1.807, 2.05) is 60.7 Å². The van der Waals surface area contributed by atoms with Crippen LogP contribution in [0.4, 0.5) is 31.5 Å². The number of hydrogen-bond acceptors (Lipinski definition) is 8. The van der Waals surface area contributed by atoms with Crippen LogP contribution in [0.15, 0.2) is 119 Å². The van der Waals surface area contributed by atoms with Crippen LogP contribution >= 0.6 is 23.5 Å². The molecule has 0 aliphatic carbocycles. The highest BCUT2D eigenvalue weighted by atomic mass is 32.2. The maximum absolute atomic E-state index is 14.1. The summed E-state index contributed by atoms with van der Waals surface area (Å²) in [5.41, 5.74) is 1.36. The van der Waals surface area contributed by atoms with Crippen LogP contribution in [0.3, 0.4) is 0 Å². The van der Waals surface area contributed by atoms with Gasteiger partial charge in [0, 0.05) is 25.9 Å². The molecule has 2 N–H and O–H groups in total. The molecule has 4 aromatic rings. The first-order valence-corrected chi connectivity index (χ1v) is 18.3. The molecule has 0 spiro atoms. The molecule has 2 heterocycles. The van der Waals surface area contributed by atoms with Crippen molar-refractivity contribution in [3.8, 4) is 0 Å². The number of amides is 4. The Hall–Kier alpha value is -5.34. The van der Waals surface area contributed by atoms with Gasteiger partial charge in [-0.3, -0.25) is 29.0 Å². The maximum atomic E-state index is 14.1. The van der Waals surface area contributed by atoms with E-state index in [-0.39, 0.29) is 49.1 Å². The summed E-state index contributed by atoms with van der Waals surface area (Å²) >= 11 is 2.36. The number of nitrogens with zero attached hydrogens (tertiary/aromatic N) is 4. The first-order chi connectivity index (χ1) is 25.2. The van der Waals surface area contributed by atoms with Crippen molar-refractivity contribution in [3.05, 3.63) is 121 Å². The third kappa shape index (κ3) is 9.30. The fourth-order valence-electron chi connectivity index (χ4n) is 5.49. The molecule has 4 amide bonds. The van der Waals surface area contributed by atoms with E-state index in [1.54, 1.807) is 21.9 Å². The summed E-state index contributed by atoms with van der Waals surface area (Å²) in [6, 6.07) is 30.0. The van der Waals surface area contributed by atoms with E-state index >= 15 is 0 Å². The summed E-state index contributed by atoms with van der Waals surface area (Å²) < 4.78 is 28.3. The number of anilines is 2. The average Bonchev–Trinajstić information content (AvgIpc) is 3.58. The molecule has 52 heavy (non-hydrogen) atoms. The molecular formula is C38H34F2N6O4S2. The summed E-state index contributed by atoms with van der Waals surface area (Å²) in [6.45, 7) is 0.551. The van der Waals surface area contributed by atoms with E-state index in [4.69, 9.17) is 9.98 Å². The molecule has 2 saturated heterocycles. The Labute approximate surface area is 307 Å². The molecule has 2 aliphatic heterocycles. The smallest absolute Gasteiger partial charge is 0.242 e. The lowest BCUT2D eigenvalue weighted by Crippen LogP contribution is -2.36. The quantitative estimate of drug-likeness (QED) is 0.138. The van der Waals surface area contributed by atoms with Gasteiger partial charge in [0.05, 0.1) is 22.7 Å². The monoisotopic (exact) mass is 740 g/mol. The molecule has 2 atom stereocenters. The number of para-hydroxylation sites is 4. The highest BCUT2D eigenvalue weighted by molar-refractivity contribution is 8.15. The molecule has 0 saturated carbocycles. The molecule has 2 fully saturated rings. The highest BCUT2D eigenvalue weighted by Crippen LogP contribution is 2.34. The van der Waals surface area contributed by atoms with Crippen molar-refractivity contribution in [2.45, 2.75) is 36.2 Å².